The van der Waals surface area contributed by atoms with Crippen molar-refractivity contribution in [2.24, 2.45) is 0 Å². The molecule has 0 aliphatic heterocycles. The maximum Gasteiger partial charge on any atom is 0.190 e. The Hall–Kier alpha value is -1.77. The zero-order valence-corrected chi connectivity index (χ0v) is 7.20. The van der Waals surface area contributed by atoms with E-state index in [1.807, 2.05) is 6.07 Å². The van der Waals surface area contributed by atoms with Gasteiger partial charge in [0, 0.05) is 0 Å². The Morgan fingerprint density at radius 3 is 2.77 bits per heavy atom. The van der Waals surface area contributed by atoms with Crippen LogP contribution < -0.4 is 10.5 Å². The van der Waals surface area contributed by atoms with E-state index < -0.39 is 0 Å². The smallest absolute Gasteiger partial charge is 0.190 e. The Morgan fingerprint density at radius 2 is 2.08 bits per heavy atom. The fraction of sp³-hybridized carbons (Fsp3) is 0.100. The Kier molecular flexibility index (Phi) is 1.59. The van der Waals surface area contributed by atoms with Gasteiger partial charge >= 0.3 is 0 Å². The summed E-state index contributed by atoms with van der Waals surface area (Å²) in [5, 5.41) is 0. The molecule has 3 heteroatoms. The molecule has 0 aromatic heterocycles. The summed E-state index contributed by atoms with van der Waals surface area (Å²) in [7, 11) is 1.51. The van der Waals surface area contributed by atoms with E-state index in [-0.39, 0.29) is 5.78 Å². The quantitative estimate of drug-likeness (QED) is 0.658. The Labute approximate surface area is 75.8 Å². The fourth-order valence-electron chi connectivity index (χ4n) is 1.48. The van der Waals surface area contributed by atoms with Crippen molar-refractivity contribution < 1.29 is 9.53 Å². The normalized spacial score (nSPS) is 13.2. The van der Waals surface area contributed by atoms with Gasteiger partial charge in [-0.2, -0.15) is 0 Å². The molecule has 0 radical (unpaired) electrons. The number of methoxy groups -OCH3 is 1. The first-order chi connectivity index (χ1) is 6.24. The van der Waals surface area contributed by atoms with E-state index in [1.165, 1.54) is 13.2 Å². The summed E-state index contributed by atoms with van der Waals surface area (Å²) in [5.74, 6) is 0.437. The maximum atomic E-state index is 11.4. The monoisotopic (exact) mass is 175 g/mol. The van der Waals surface area contributed by atoms with Crippen molar-refractivity contribution in [3.8, 4) is 5.75 Å². The fourth-order valence-corrected chi connectivity index (χ4v) is 1.48. The van der Waals surface area contributed by atoms with Gasteiger partial charge in [-0.05, 0) is 17.7 Å². The number of ketones is 1. The van der Waals surface area contributed by atoms with Gasteiger partial charge in [0.15, 0.2) is 11.5 Å². The molecule has 1 aromatic rings. The molecule has 0 bridgehead atoms. The van der Waals surface area contributed by atoms with Crippen molar-refractivity contribution in [2.75, 3.05) is 12.8 Å². The molecule has 1 aliphatic rings. The zero-order chi connectivity index (χ0) is 9.42. The third kappa shape index (κ3) is 1.01. The molecule has 2 N–H and O–H groups in total. The number of benzene rings is 1. The predicted molar refractivity (Wildman–Crippen MR) is 50.8 cm³/mol. The molecule has 66 valence electrons. The van der Waals surface area contributed by atoms with Crippen molar-refractivity contribution in [1.29, 1.82) is 0 Å². The highest BCUT2D eigenvalue weighted by Crippen LogP contribution is 2.33. The standard InChI is InChI=1S/C10H9NO2/c1-13-10-7(11)4-2-6-3-5-8(12)9(6)10/h2-5H,11H2,1H3. The van der Waals surface area contributed by atoms with Crippen LogP contribution in [0.15, 0.2) is 18.2 Å². The highest BCUT2D eigenvalue weighted by atomic mass is 16.5. The Morgan fingerprint density at radius 1 is 1.31 bits per heavy atom. The summed E-state index contributed by atoms with van der Waals surface area (Å²) in [4.78, 5) is 11.4. The molecule has 2 rings (SSSR count). The average Bonchev–Trinajstić information content (AvgIpc) is 2.49. The first-order valence-corrected chi connectivity index (χ1v) is 3.93. The lowest BCUT2D eigenvalue weighted by Crippen LogP contribution is -2.01. The van der Waals surface area contributed by atoms with E-state index in [9.17, 15) is 4.79 Å². The van der Waals surface area contributed by atoms with Gasteiger partial charge in [0.05, 0.1) is 18.4 Å². The number of carbonyl (C=O) groups is 1. The molecule has 0 heterocycles. The number of carbonyl (C=O) groups excluding carboxylic acids is 1. The molecule has 0 saturated heterocycles. The summed E-state index contributed by atoms with van der Waals surface area (Å²) < 4.78 is 5.07. The van der Waals surface area contributed by atoms with Crippen molar-refractivity contribution >= 4 is 17.5 Å². The van der Waals surface area contributed by atoms with Crippen LogP contribution in [0.2, 0.25) is 0 Å². The second-order valence-electron chi connectivity index (χ2n) is 2.85. The molecular formula is C10H9NO2. The zero-order valence-electron chi connectivity index (χ0n) is 7.20. The first kappa shape index (κ1) is 7.86. The molecule has 0 unspecified atom stereocenters. The van der Waals surface area contributed by atoms with E-state index in [0.717, 1.165) is 5.56 Å². The minimum Gasteiger partial charge on any atom is -0.494 e. The first-order valence-electron chi connectivity index (χ1n) is 3.93. The molecular weight excluding hydrogens is 166 g/mol. The average molecular weight is 175 g/mol. The van der Waals surface area contributed by atoms with Gasteiger partial charge in [-0.1, -0.05) is 12.1 Å². The number of anilines is 1. The van der Waals surface area contributed by atoms with Crippen LogP contribution in [0, 0.1) is 0 Å². The largest absolute Gasteiger partial charge is 0.494 e. The number of hydrogen-bond acceptors (Lipinski definition) is 3. The number of nitrogens with two attached hydrogens (primary N) is 1. The molecule has 3 nitrogen and oxygen atoms in total. The number of ether oxygens (including phenoxy) is 1. The SMILES string of the molecule is COc1c(N)ccc2c1C(=O)C=C2. The molecule has 0 saturated carbocycles. The highest BCUT2D eigenvalue weighted by molar-refractivity contribution is 6.16. The van der Waals surface area contributed by atoms with Gasteiger partial charge in [0.1, 0.15) is 0 Å². The molecule has 0 amide bonds. The third-order valence-corrected chi connectivity index (χ3v) is 2.09. The number of hydrogen-bond donors (Lipinski definition) is 1. The number of nitrogen functional groups attached to an aromatic ring is 1. The summed E-state index contributed by atoms with van der Waals surface area (Å²) in [6.07, 6.45) is 3.28. The van der Waals surface area contributed by atoms with E-state index in [0.29, 0.717) is 17.0 Å². The summed E-state index contributed by atoms with van der Waals surface area (Å²) in [5.41, 5.74) is 7.60. The summed E-state index contributed by atoms with van der Waals surface area (Å²) >= 11 is 0. The number of allylic oxidation sites excluding steroid dienone is 1. The predicted octanol–water partition coefficient (Wildman–Crippen LogP) is 1.49. The van der Waals surface area contributed by atoms with E-state index in [1.54, 1.807) is 12.1 Å². The van der Waals surface area contributed by atoms with Gasteiger partial charge in [0.2, 0.25) is 0 Å². The van der Waals surface area contributed by atoms with Gasteiger partial charge in [-0.3, -0.25) is 4.79 Å². The van der Waals surface area contributed by atoms with E-state index in [2.05, 4.69) is 0 Å². The lowest BCUT2D eigenvalue weighted by Gasteiger charge is -2.08. The van der Waals surface area contributed by atoms with Crippen LogP contribution in [0.4, 0.5) is 5.69 Å². The molecule has 1 aliphatic carbocycles. The lowest BCUT2D eigenvalue weighted by atomic mass is 10.1. The van der Waals surface area contributed by atoms with Crippen molar-refractivity contribution in [2.45, 2.75) is 0 Å². The van der Waals surface area contributed by atoms with Crippen LogP contribution >= 0.6 is 0 Å². The van der Waals surface area contributed by atoms with E-state index in [4.69, 9.17) is 10.5 Å². The number of rotatable bonds is 1. The molecule has 0 atom stereocenters. The minimum absolute atomic E-state index is 0.0425. The Balaban J connectivity index is 2.71. The van der Waals surface area contributed by atoms with Crippen LogP contribution in [-0.2, 0) is 0 Å². The second-order valence-corrected chi connectivity index (χ2v) is 2.85. The molecule has 13 heavy (non-hydrogen) atoms. The summed E-state index contributed by atoms with van der Waals surface area (Å²) in [6, 6.07) is 3.55. The Bertz CT molecular complexity index is 408. The van der Waals surface area contributed by atoms with Crippen LogP contribution in [0.3, 0.4) is 0 Å². The molecule has 0 spiro atoms. The lowest BCUT2D eigenvalue weighted by molar-refractivity contribution is 0.104. The molecule has 1 aromatic carbocycles. The van der Waals surface area contributed by atoms with Crippen molar-refractivity contribution in [3.05, 3.63) is 29.3 Å². The number of fused-ring (bicyclic) bond motifs is 1. The van der Waals surface area contributed by atoms with Gasteiger partial charge in [-0.15, -0.1) is 0 Å². The van der Waals surface area contributed by atoms with Gasteiger partial charge in [-0.25, -0.2) is 0 Å². The van der Waals surface area contributed by atoms with Crippen molar-refractivity contribution in [3.63, 3.8) is 0 Å². The van der Waals surface area contributed by atoms with E-state index >= 15 is 0 Å². The van der Waals surface area contributed by atoms with Crippen LogP contribution in [0.25, 0.3) is 6.08 Å². The van der Waals surface area contributed by atoms with Gasteiger partial charge in [0.25, 0.3) is 0 Å². The summed E-state index contributed by atoms with van der Waals surface area (Å²) in [6.45, 7) is 0. The maximum absolute atomic E-state index is 11.4. The van der Waals surface area contributed by atoms with Crippen molar-refractivity contribution in [1.82, 2.24) is 0 Å². The second kappa shape index (κ2) is 2.62. The van der Waals surface area contributed by atoms with Crippen LogP contribution in [0.5, 0.6) is 5.75 Å². The highest BCUT2D eigenvalue weighted by Gasteiger charge is 2.20. The third-order valence-electron chi connectivity index (χ3n) is 2.09. The topological polar surface area (TPSA) is 52.3 Å². The molecule has 0 fully saturated rings. The van der Waals surface area contributed by atoms with Gasteiger partial charge < -0.3 is 10.5 Å². The minimum atomic E-state index is -0.0425. The van der Waals surface area contributed by atoms with Crippen LogP contribution in [-0.4, -0.2) is 12.9 Å². The van der Waals surface area contributed by atoms with Crippen LogP contribution in [0.1, 0.15) is 15.9 Å².